The highest BCUT2D eigenvalue weighted by molar-refractivity contribution is 7.07. The molecule has 1 aromatic rings. The minimum absolute atomic E-state index is 0.504. The molecule has 4 aliphatic carbocycles. The van der Waals surface area contributed by atoms with Gasteiger partial charge < -0.3 is 5.32 Å². The normalized spacial score (nSPS) is 41.8. The molecule has 2 atom stereocenters. The van der Waals surface area contributed by atoms with E-state index in [0.717, 1.165) is 17.8 Å². The van der Waals surface area contributed by atoms with Gasteiger partial charge in [-0.2, -0.15) is 11.3 Å². The second-order valence-corrected chi connectivity index (χ2v) is 8.73. The molecule has 1 aromatic heterocycles. The van der Waals surface area contributed by atoms with Gasteiger partial charge in [0.05, 0.1) is 0 Å². The Morgan fingerprint density at radius 3 is 2.20 bits per heavy atom. The molecule has 4 saturated carbocycles. The van der Waals surface area contributed by atoms with Crippen LogP contribution in [0.5, 0.6) is 0 Å². The summed E-state index contributed by atoms with van der Waals surface area (Å²) in [7, 11) is 0. The first-order valence-electron chi connectivity index (χ1n) is 8.43. The molecule has 2 unspecified atom stereocenters. The predicted molar refractivity (Wildman–Crippen MR) is 85.9 cm³/mol. The van der Waals surface area contributed by atoms with Crippen LogP contribution in [0, 0.1) is 23.2 Å². The third kappa shape index (κ3) is 2.16. The van der Waals surface area contributed by atoms with Crippen molar-refractivity contribution < 1.29 is 0 Å². The summed E-state index contributed by atoms with van der Waals surface area (Å²) in [4.78, 5) is 0. The molecule has 110 valence electrons. The molecule has 20 heavy (non-hydrogen) atoms. The number of hydrogen-bond acceptors (Lipinski definition) is 2. The van der Waals surface area contributed by atoms with Gasteiger partial charge in [-0.05, 0) is 97.9 Å². The van der Waals surface area contributed by atoms with E-state index >= 15 is 0 Å². The van der Waals surface area contributed by atoms with E-state index in [-0.39, 0.29) is 0 Å². The number of thiophene rings is 1. The van der Waals surface area contributed by atoms with Gasteiger partial charge >= 0.3 is 0 Å². The Morgan fingerprint density at radius 2 is 1.70 bits per heavy atom. The lowest BCUT2D eigenvalue weighted by molar-refractivity contribution is -0.0719. The van der Waals surface area contributed by atoms with E-state index in [1.54, 1.807) is 19.3 Å². The van der Waals surface area contributed by atoms with Gasteiger partial charge in [-0.1, -0.05) is 0 Å². The Bertz CT molecular complexity index is 428. The van der Waals surface area contributed by atoms with Gasteiger partial charge in [0, 0.05) is 12.1 Å². The van der Waals surface area contributed by atoms with Gasteiger partial charge in [0.15, 0.2) is 0 Å². The summed E-state index contributed by atoms with van der Waals surface area (Å²) in [6.45, 7) is 4.80. The molecule has 0 aromatic carbocycles. The summed E-state index contributed by atoms with van der Waals surface area (Å²) < 4.78 is 0. The van der Waals surface area contributed by atoms with E-state index in [4.69, 9.17) is 0 Å². The van der Waals surface area contributed by atoms with Crippen LogP contribution in [0.2, 0.25) is 0 Å². The van der Waals surface area contributed by atoms with E-state index in [1.807, 2.05) is 11.3 Å². The van der Waals surface area contributed by atoms with E-state index in [2.05, 4.69) is 36.0 Å². The van der Waals surface area contributed by atoms with Crippen LogP contribution < -0.4 is 5.32 Å². The lowest BCUT2D eigenvalue weighted by Crippen LogP contribution is -2.55. The highest BCUT2D eigenvalue weighted by Crippen LogP contribution is 2.61. The highest BCUT2D eigenvalue weighted by Gasteiger charge is 2.53. The molecule has 0 aliphatic heterocycles. The molecule has 0 amide bonds. The van der Waals surface area contributed by atoms with Crippen LogP contribution >= 0.6 is 11.3 Å². The van der Waals surface area contributed by atoms with Crippen molar-refractivity contribution in [2.24, 2.45) is 23.2 Å². The standard InChI is InChI=1S/C18H27NS/c1-12(17-3-4-20-11-17)19-13(2)18-8-14-5-15(9-18)7-16(6-14)10-18/h3-4,11-16,19H,5-10H2,1-2H3. The van der Waals surface area contributed by atoms with Gasteiger partial charge in [0.25, 0.3) is 0 Å². The van der Waals surface area contributed by atoms with Crippen LogP contribution in [-0.4, -0.2) is 6.04 Å². The van der Waals surface area contributed by atoms with Crippen LogP contribution in [-0.2, 0) is 0 Å². The van der Waals surface area contributed by atoms with Gasteiger partial charge in [-0.15, -0.1) is 0 Å². The van der Waals surface area contributed by atoms with Crippen molar-refractivity contribution >= 4 is 11.3 Å². The molecular formula is C18H27NS. The summed E-state index contributed by atoms with van der Waals surface area (Å²) in [5, 5.41) is 8.44. The maximum Gasteiger partial charge on any atom is 0.0302 e. The summed E-state index contributed by atoms with van der Waals surface area (Å²) in [6.07, 6.45) is 9.15. The Kier molecular flexibility index (Phi) is 3.23. The Balaban J connectivity index is 1.49. The molecule has 4 fully saturated rings. The molecule has 0 spiro atoms. The Morgan fingerprint density at radius 1 is 1.10 bits per heavy atom. The molecule has 4 bridgehead atoms. The molecule has 0 radical (unpaired) electrons. The molecule has 0 saturated heterocycles. The first kappa shape index (κ1) is 13.3. The maximum atomic E-state index is 3.95. The minimum Gasteiger partial charge on any atom is -0.307 e. The van der Waals surface area contributed by atoms with E-state index in [0.29, 0.717) is 17.5 Å². The van der Waals surface area contributed by atoms with Crippen molar-refractivity contribution in [1.82, 2.24) is 5.32 Å². The Hall–Kier alpha value is -0.340. The highest BCUT2D eigenvalue weighted by atomic mass is 32.1. The fourth-order valence-corrected chi connectivity index (χ4v) is 6.63. The topological polar surface area (TPSA) is 12.0 Å². The second-order valence-electron chi connectivity index (χ2n) is 7.95. The molecule has 2 heteroatoms. The van der Waals surface area contributed by atoms with Crippen molar-refractivity contribution in [3.63, 3.8) is 0 Å². The van der Waals surface area contributed by atoms with Crippen molar-refractivity contribution in [1.29, 1.82) is 0 Å². The fraction of sp³-hybridized carbons (Fsp3) is 0.778. The quantitative estimate of drug-likeness (QED) is 0.822. The zero-order valence-electron chi connectivity index (χ0n) is 12.8. The van der Waals surface area contributed by atoms with Gasteiger partial charge in [0.1, 0.15) is 0 Å². The van der Waals surface area contributed by atoms with E-state index in [1.165, 1.54) is 24.8 Å². The zero-order chi connectivity index (χ0) is 13.7. The molecule has 1 nitrogen and oxygen atoms in total. The molecule has 1 heterocycles. The molecular weight excluding hydrogens is 262 g/mol. The van der Waals surface area contributed by atoms with Gasteiger partial charge in [-0.25, -0.2) is 0 Å². The summed E-state index contributed by atoms with van der Waals surface area (Å²) >= 11 is 1.81. The van der Waals surface area contributed by atoms with Crippen LogP contribution in [0.4, 0.5) is 0 Å². The first-order valence-corrected chi connectivity index (χ1v) is 9.37. The molecule has 4 aliphatic rings. The zero-order valence-corrected chi connectivity index (χ0v) is 13.6. The van der Waals surface area contributed by atoms with Gasteiger partial charge in [-0.3, -0.25) is 0 Å². The second kappa shape index (κ2) is 4.84. The van der Waals surface area contributed by atoms with Crippen molar-refractivity contribution in [2.45, 2.75) is 64.5 Å². The smallest absolute Gasteiger partial charge is 0.0302 e. The van der Waals surface area contributed by atoms with Crippen molar-refractivity contribution in [2.75, 3.05) is 0 Å². The largest absolute Gasteiger partial charge is 0.307 e. The molecule has 1 N–H and O–H groups in total. The summed E-state index contributed by atoms with van der Waals surface area (Å²) in [5.41, 5.74) is 2.09. The van der Waals surface area contributed by atoms with Crippen molar-refractivity contribution in [3.05, 3.63) is 22.4 Å². The predicted octanol–water partition coefficient (Wildman–Crippen LogP) is 5.00. The maximum absolute atomic E-state index is 3.95. The van der Waals surface area contributed by atoms with E-state index < -0.39 is 0 Å². The van der Waals surface area contributed by atoms with Crippen LogP contribution in [0.3, 0.4) is 0 Å². The van der Waals surface area contributed by atoms with Crippen molar-refractivity contribution in [3.8, 4) is 0 Å². The van der Waals surface area contributed by atoms with Crippen LogP contribution in [0.25, 0.3) is 0 Å². The van der Waals surface area contributed by atoms with Gasteiger partial charge in [0.2, 0.25) is 0 Å². The third-order valence-corrected chi connectivity index (χ3v) is 7.25. The van der Waals surface area contributed by atoms with E-state index in [9.17, 15) is 0 Å². The lowest BCUT2D eigenvalue weighted by atomic mass is 9.48. The number of hydrogen-bond donors (Lipinski definition) is 1. The Labute approximate surface area is 127 Å². The summed E-state index contributed by atoms with van der Waals surface area (Å²) in [6, 6.07) is 3.45. The average Bonchev–Trinajstić information content (AvgIpc) is 2.90. The first-order chi connectivity index (χ1) is 9.64. The minimum atomic E-state index is 0.504. The number of rotatable bonds is 4. The fourth-order valence-electron chi connectivity index (χ4n) is 5.88. The summed E-state index contributed by atoms with van der Waals surface area (Å²) in [5.74, 6) is 3.17. The molecule has 5 rings (SSSR count). The third-order valence-electron chi connectivity index (χ3n) is 6.55. The SMILES string of the molecule is CC(NC(C)C12CC3CC(CC(C3)C1)C2)c1ccsc1. The monoisotopic (exact) mass is 289 g/mol. The lowest BCUT2D eigenvalue weighted by Gasteiger charge is -2.59. The van der Waals surface area contributed by atoms with Crippen LogP contribution in [0.15, 0.2) is 16.8 Å². The average molecular weight is 289 g/mol. The van der Waals surface area contributed by atoms with Crippen LogP contribution in [0.1, 0.15) is 64.0 Å². The number of nitrogens with one attached hydrogen (secondary N) is 1.